The second-order valence-corrected chi connectivity index (χ2v) is 10.1. The lowest BCUT2D eigenvalue weighted by Crippen LogP contribution is -2.30. The molecule has 4 aromatic carbocycles. The fourth-order valence-corrected chi connectivity index (χ4v) is 5.45. The van der Waals surface area contributed by atoms with E-state index in [4.69, 9.17) is 4.74 Å². The van der Waals surface area contributed by atoms with Gasteiger partial charge in [0.05, 0.1) is 17.7 Å². The zero-order valence-corrected chi connectivity index (χ0v) is 21.6. The van der Waals surface area contributed by atoms with Crippen LogP contribution in [-0.4, -0.2) is 29.9 Å². The van der Waals surface area contributed by atoms with E-state index in [0.29, 0.717) is 24.3 Å². The number of nitrogens with zero attached hydrogens (tertiary/aromatic N) is 1. The van der Waals surface area contributed by atoms with Crippen LogP contribution >= 0.6 is 0 Å². The van der Waals surface area contributed by atoms with Crippen LogP contribution < -0.4 is 4.74 Å². The molecule has 184 valence electrons. The summed E-state index contributed by atoms with van der Waals surface area (Å²) in [6, 6.07) is 18.2. The number of unbranched alkanes of at least 4 members (excludes halogenated alkanes) is 3. The van der Waals surface area contributed by atoms with Crippen molar-refractivity contribution in [2.75, 3.05) is 13.2 Å². The van der Waals surface area contributed by atoms with Gasteiger partial charge in [0.1, 0.15) is 5.75 Å². The molecule has 0 radical (unpaired) electrons. The summed E-state index contributed by atoms with van der Waals surface area (Å²) in [6.07, 6.45) is 3.67. The van der Waals surface area contributed by atoms with Crippen molar-refractivity contribution in [1.82, 2.24) is 4.90 Å². The van der Waals surface area contributed by atoms with E-state index in [1.165, 1.54) is 48.7 Å². The van der Waals surface area contributed by atoms with Crippen molar-refractivity contribution in [3.8, 4) is 5.75 Å². The smallest absolute Gasteiger partial charge is 0.261 e. The maximum Gasteiger partial charge on any atom is 0.261 e. The molecule has 0 saturated carbocycles. The van der Waals surface area contributed by atoms with Gasteiger partial charge in [-0.25, -0.2) is 0 Å². The van der Waals surface area contributed by atoms with Crippen LogP contribution in [0.1, 0.15) is 68.7 Å². The number of imide groups is 1. The van der Waals surface area contributed by atoms with Crippen molar-refractivity contribution in [2.24, 2.45) is 0 Å². The number of carbonyl (C=O) groups excluding carboxylic acids is 2. The van der Waals surface area contributed by atoms with Crippen molar-refractivity contribution in [2.45, 2.75) is 53.4 Å². The average molecular weight is 480 g/mol. The number of carbonyl (C=O) groups is 2. The third-order valence-corrected chi connectivity index (χ3v) is 7.36. The summed E-state index contributed by atoms with van der Waals surface area (Å²) in [5, 5.41) is 4.89. The van der Waals surface area contributed by atoms with Crippen molar-refractivity contribution < 1.29 is 14.3 Å². The predicted octanol–water partition coefficient (Wildman–Crippen LogP) is 7.46. The molecular weight excluding hydrogens is 446 g/mol. The fraction of sp³-hybridized carbons (Fsp3) is 0.312. The highest BCUT2D eigenvalue weighted by Gasteiger charge is 2.34. The van der Waals surface area contributed by atoms with Gasteiger partial charge in [0, 0.05) is 17.3 Å². The topological polar surface area (TPSA) is 46.6 Å². The molecule has 1 aliphatic heterocycles. The SMILES string of the molecule is Cc1cc(C)c2cc3c(C)ccc(C)c3c(OCCCCCCN3C(=O)c4ccccc4C3=O)c2c1. The highest BCUT2D eigenvalue weighted by molar-refractivity contribution is 6.21. The Morgan fingerprint density at radius 2 is 1.33 bits per heavy atom. The maximum absolute atomic E-state index is 12.5. The Labute approximate surface area is 212 Å². The predicted molar refractivity (Wildman–Crippen MR) is 146 cm³/mol. The molecule has 4 aromatic rings. The average Bonchev–Trinajstić information content (AvgIpc) is 3.10. The van der Waals surface area contributed by atoms with Gasteiger partial charge in [-0.05, 0) is 92.3 Å². The second-order valence-electron chi connectivity index (χ2n) is 10.1. The summed E-state index contributed by atoms with van der Waals surface area (Å²) in [4.78, 5) is 26.4. The van der Waals surface area contributed by atoms with Crippen LogP contribution in [0, 0.1) is 27.7 Å². The van der Waals surface area contributed by atoms with E-state index in [2.05, 4.69) is 58.0 Å². The lowest BCUT2D eigenvalue weighted by molar-refractivity contribution is 0.0651. The zero-order valence-electron chi connectivity index (χ0n) is 21.6. The largest absolute Gasteiger partial charge is 0.492 e. The van der Waals surface area contributed by atoms with Gasteiger partial charge in [0.15, 0.2) is 0 Å². The lowest BCUT2D eigenvalue weighted by Gasteiger charge is -2.18. The molecular formula is C32H33NO3. The van der Waals surface area contributed by atoms with Crippen LogP contribution in [-0.2, 0) is 0 Å². The first-order valence-corrected chi connectivity index (χ1v) is 12.9. The summed E-state index contributed by atoms with van der Waals surface area (Å²) < 4.78 is 6.52. The molecule has 4 heteroatoms. The van der Waals surface area contributed by atoms with Gasteiger partial charge in [-0.2, -0.15) is 0 Å². The number of rotatable bonds is 8. The van der Waals surface area contributed by atoms with Gasteiger partial charge in [0.2, 0.25) is 0 Å². The summed E-state index contributed by atoms with van der Waals surface area (Å²) in [6.45, 7) is 9.74. The van der Waals surface area contributed by atoms with Crippen LogP contribution in [0.15, 0.2) is 54.6 Å². The van der Waals surface area contributed by atoms with Gasteiger partial charge in [-0.1, -0.05) is 48.7 Å². The fourth-order valence-electron chi connectivity index (χ4n) is 5.45. The standard InChI is InChI=1S/C32H33NO3/c1-20-17-23(4)26-19-27-21(2)13-14-22(3)29(27)30(28(26)18-20)36-16-10-6-5-9-15-33-31(34)24-11-7-8-12-25(24)32(33)35/h7-8,11-14,17-19H,5-6,9-10,15-16H2,1-4H3. The van der Waals surface area contributed by atoms with E-state index in [1.54, 1.807) is 24.3 Å². The molecule has 0 atom stereocenters. The summed E-state index contributed by atoms with van der Waals surface area (Å²) in [5.41, 5.74) is 6.04. The maximum atomic E-state index is 12.5. The van der Waals surface area contributed by atoms with Gasteiger partial charge < -0.3 is 4.74 Å². The Hall–Kier alpha value is -3.66. The van der Waals surface area contributed by atoms with Crippen LogP contribution in [0.3, 0.4) is 0 Å². The van der Waals surface area contributed by atoms with Crippen LogP contribution in [0.25, 0.3) is 21.5 Å². The third-order valence-electron chi connectivity index (χ3n) is 7.36. The first-order valence-electron chi connectivity index (χ1n) is 12.9. The molecule has 2 amide bonds. The summed E-state index contributed by atoms with van der Waals surface area (Å²) in [5.74, 6) is 0.651. The van der Waals surface area contributed by atoms with Crippen molar-refractivity contribution in [3.63, 3.8) is 0 Å². The minimum atomic E-state index is -0.169. The van der Waals surface area contributed by atoms with Crippen molar-refractivity contribution in [1.29, 1.82) is 0 Å². The summed E-state index contributed by atoms with van der Waals surface area (Å²) >= 11 is 0. The second kappa shape index (κ2) is 9.77. The van der Waals surface area contributed by atoms with E-state index in [0.717, 1.165) is 31.4 Å². The molecule has 0 saturated heterocycles. The molecule has 5 rings (SSSR count). The molecule has 0 fully saturated rings. The zero-order chi connectivity index (χ0) is 25.4. The van der Waals surface area contributed by atoms with E-state index < -0.39 is 0 Å². The van der Waals surface area contributed by atoms with Gasteiger partial charge in [-0.3, -0.25) is 14.5 Å². The first kappa shape index (κ1) is 24.1. The van der Waals surface area contributed by atoms with E-state index in [-0.39, 0.29) is 11.8 Å². The number of aryl methyl sites for hydroxylation is 4. The van der Waals surface area contributed by atoms with Gasteiger partial charge in [-0.15, -0.1) is 0 Å². The Bertz CT molecular complexity index is 1470. The highest BCUT2D eigenvalue weighted by Crippen LogP contribution is 2.40. The van der Waals surface area contributed by atoms with Crippen molar-refractivity contribution >= 4 is 33.4 Å². The minimum absolute atomic E-state index is 0.169. The Balaban J connectivity index is 1.23. The normalized spacial score (nSPS) is 13.2. The molecule has 0 N–H and O–H groups in total. The molecule has 36 heavy (non-hydrogen) atoms. The van der Waals surface area contributed by atoms with Gasteiger partial charge >= 0.3 is 0 Å². The Morgan fingerprint density at radius 1 is 0.667 bits per heavy atom. The molecule has 0 unspecified atom stereocenters. The van der Waals surface area contributed by atoms with Crippen LogP contribution in [0.5, 0.6) is 5.75 Å². The number of amides is 2. The Morgan fingerprint density at radius 3 is 2.06 bits per heavy atom. The first-order chi connectivity index (χ1) is 17.4. The summed E-state index contributed by atoms with van der Waals surface area (Å²) in [7, 11) is 0. The van der Waals surface area contributed by atoms with E-state index in [9.17, 15) is 9.59 Å². The quantitative estimate of drug-likeness (QED) is 0.150. The van der Waals surface area contributed by atoms with Crippen LogP contribution in [0.4, 0.5) is 0 Å². The highest BCUT2D eigenvalue weighted by atomic mass is 16.5. The van der Waals surface area contributed by atoms with E-state index >= 15 is 0 Å². The van der Waals surface area contributed by atoms with E-state index in [1.807, 2.05) is 0 Å². The number of hydrogen-bond acceptors (Lipinski definition) is 3. The Kier molecular flexibility index (Phi) is 6.53. The minimum Gasteiger partial charge on any atom is -0.492 e. The van der Waals surface area contributed by atoms with Crippen molar-refractivity contribution in [3.05, 3.63) is 88.0 Å². The lowest BCUT2D eigenvalue weighted by atomic mass is 9.93. The molecule has 1 heterocycles. The monoisotopic (exact) mass is 479 g/mol. The number of fused-ring (bicyclic) bond motifs is 3. The number of ether oxygens (including phenoxy) is 1. The molecule has 0 aliphatic carbocycles. The number of hydrogen-bond donors (Lipinski definition) is 0. The van der Waals surface area contributed by atoms with Gasteiger partial charge in [0.25, 0.3) is 11.8 Å². The molecule has 0 aromatic heterocycles. The molecule has 1 aliphatic rings. The van der Waals surface area contributed by atoms with Crippen LogP contribution in [0.2, 0.25) is 0 Å². The number of benzene rings is 4. The molecule has 4 nitrogen and oxygen atoms in total. The third kappa shape index (κ3) is 4.26. The molecule has 0 bridgehead atoms. The molecule has 0 spiro atoms.